The number of nitrogens with one attached hydrogen (secondary N) is 1. The molecule has 1 saturated heterocycles. The second kappa shape index (κ2) is 6.46. The number of carbonyl (C=O) groups excluding carboxylic acids is 2. The van der Waals surface area contributed by atoms with Crippen LogP contribution in [0.15, 0.2) is 46.3 Å². The van der Waals surface area contributed by atoms with E-state index in [1.807, 2.05) is 23.6 Å². The number of halogens is 1. The molecule has 3 amide bonds. The minimum Gasteiger partial charge on any atom is -0.439 e. The zero-order chi connectivity index (χ0) is 19.3. The van der Waals surface area contributed by atoms with Crippen molar-refractivity contribution < 1.29 is 14.0 Å². The molecule has 8 heteroatoms. The lowest BCUT2D eigenvalue weighted by Crippen LogP contribution is -2.46. The average molecular weight is 414 g/mol. The van der Waals surface area contributed by atoms with E-state index < -0.39 is 11.6 Å². The molecule has 1 N–H and O–H groups in total. The van der Waals surface area contributed by atoms with Crippen molar-refractivity contribution in [2.24, 2.45) is 0 Å². The molecule has 0 saturated carbocycles. The van der Waals surface area contributed by atoms with Gasteiger partial charge in [0.25, 0.3) is 5.91 Å². The summed E-state index contributed by atoms with van der Waals surface area (Å²) in [7, 11) is 0. The zero-order valence-electron chi connectivity index (χ0n) is 14.8. The molecule has 3 heterocycles. The number of urea groups is 1. The molecule has 0 radical (unpaired) electrons. The van der Waals surface area contributed by atoms with E-state index in [1.165, 1.54) is 9.78 Å². The van der Waals surface area contributed by atoms with Crippen molar-refractivity contribution in [3.05, 3.63) is 63.3 Å². The van der Waals surface area contributed by atoms with Gasteiger partial charge in [-0.25, -0.2) is 9.78 Å². The molecule has 142 valence electrons. The Hall–Kier alpha value is -2.64. The minimum absolute atomic E-state index is 0.000519. The molecule has 0 bridgehead atoms. The number of fused-ring (bicyclic) bond motifs is 2. The van der Waals surface area contributed by atoms with Gasteiger partial charge in [0, 0.05) is 21.0 Å². The summed E-state index contributed by atoms with van der Waals surface area (Å²) < 4.78 is 5.77. The first kappa shape index (κ1) is 17.5. The number of nitrogens with zero attached hydrogens (tertiary/aromatic N) is 2. The lowest BCUT2D eigenvalue weighted by atomic mass is 9.80. The van der Waals surface area contributed by atoms with Crippen molar-refractivity contribution in [2.75, 3.05) is 0 Å². The van der Waals surface area contributed by atoms with Gasteiger partial charge in [0.05, 0.1) is 6.20 Å². The van der Waals surface area contributed by atoms with Crippen LogP contribution in [-0.2, 0) is 23.3 Å². The maximum absolute atomic E-state index is 13.2. The van der Waals surface area contributed by atoms with Crippen LogP contribution < -0.4 is 5.32 Å². The van der Waals surface area contributed by atoms with Gasteiger partial charge in [-0.05, 0) is 55.0 Å². The van der Waals surface area contributed by atoms with Crippen LogP contribution in [0.4, 0.5) is 4.79 Å². The van der Waals surface area contributed by atoms with E-state index in [1.54, 1.807) is 29.7 Å². The second-order valence-electron chi connectivity index (χ2n) is 6.96. The normalized spacial score (nSPS) is 21.2. The van der Waals surface area contributed by atoms with Crippen molar-refractivity contribution in [3.63, 3.8) is 0 Å². The van der Waals surface area contributed by atoms with Crippen LogP contribution in [0, 0.1) is 0 Å². The van der Waals surface area contributed by atoms with E-state index in [0.29, 0.717) is 23.1 Å². The first-order chi connectivity index (χ1) is 13.6. The van der Waals surface area contributed by atoms with Gasteiger partial charge in [-0.2, -0.15) is 0 Å². The van der Waals surface area contributed by atoms with Crippen LogP contribution in [0.5, 0.6) is 0 Å². The molecule has 6 nitrogen and oxygen atoms in total. The van der Waals surface area contributed by atoms with Gasteiger partial charge >= 0.3 is 6.03 Å². The number of oxazole rings is 1. The summed E-state index contributed by atoms with van der Waals surface area (Å²) in [6.07, 6.45) is 4.01. The molecule has 28 heavy (non-hydrogen) atoms. The van der Waals surface area contributed by atoms with Crippen molar-refractivity contribution in [2.45, 2.75) is 31.3 Å². The predicted molar refractivity (Wildman–Crippen MR) is 105 cm³/mol. The summed E-state index contributed by atoms with van der Waals surface area (Å²) in [5.74, 6) is 0.640. The molecule has 1 spiro atoms. The van der Waals surface area contributed by atoms with Crippen LogP contribution in [0.25, 0.3) is 11.3 Å². The summed E-state index contributed by atoms with van der Waals surface area (Å²) in [5, 5.41) is 5.55. The number of amides is 3. The fraction of sp³-hybridized carbons (Fsp3) is 0.250. The van der Waals surface area contributed by atoms with E-state index in [2.05, 4.69) is 10.3 Å². The first-order valence-electron chi connectivity index (χ1n) is 8.98. The fourth-order valence-electron chi connectivity index (χ4n) is 3.95. The highest BCUT2D eigenvalue weighted by atomic mass is 35.5. The second-order valence-corrected chi connectivity index (χ2v) is 8.40. The Kier molecular flexibility index (Phi) is 4.03. The third kappa shape index (κ3) is 2.65. The lowest BCUT2D eigenvalue weighted by Gasteiger charge is -2.31. The monoisotopic (exact) mass is 413 g/mol. The Morgan fingerprint density at radius 1 is 1.25 bits per heavy atom. The highest BCUT2D eigenvalue weighted by Crippen LogP contribution is 2.42. The lowest BCUT2D eigenvalue weighted by molar-refractivity contribution is -0.132. The predicted octanol–water partition coefficient (Wildman–Crippen LogP) is 4.34. The van der Waals surface area contributed by atoms with Crippen LogP contribution in [0.1, 0.15) is 29.2 Å². The quantitative estimate of drug-likeness (QED) is 0.648. The molecule has 1 aliphatic carbocycles. The third-order valence-electron chi connectivity index (χ3n) is 5.31. The standard InChI is InChI=1S/C20H16ClN3O3S/c21-13-5-3-12(4-6-13)15-10-22-17(27-15)11-24-18(25)20(23-19(24)26)8-1-2-16-14(20)7-9-28-16/h3-7,9-10H,1-2,8,11H2,(H,23,26)/t20-/m1/s1. The number of thiophene rings is 1. The van der Waals surface area contributed by atoms with Crippen molar-refractivity contribution >= 4 is 34.9 Å². The van der Waals surface area contributed by atoms with Crippen molar-refractivity contribution in [1.29, 1.82) is 0 Å². The fourth-order valence-corrected chi connectivity index (χ4v) is 5.08. The summed E-state index contributed by atoms with van der Waals surface area (Å²) in [6, 6.07) is 8.73. The number of rotatable bonds is 3. The maximum Gasteiger partial charge on any atom is 0.325 e. The number of aryl methyl sites for hydroxylation is 1. The van der Waals surface area contributed by atoms with E-state index in [0.717, 1.165) is 24.0 Å². The number of benzene rings is 1. The van der Waals surface area contributed by atoms with Gasteiger partial charge in [-0.3, -0.25) is 9.69 Å². The van der Waals surface area contributed by atoms with Gasteiger partial charge in [0.15, 0.2) is 5.76 Å². The Morgan fingerprint density at radius 2 is 2.07 bits per heavy atom. The molecule has 1 aromatic carbocycles. The highest BCUT2D eigenvalue weighted by molar-refractivity contribution is 7.10. The minimum atomic E-state index is -0.948. The molecule has 1 atom stereocenters. The molecular formula is C20H16ClN3O3S. The van der Waals surface area contributed by atoms with Gasteiger partial charge < -0.3 is 9.73 Å². The van der Waals surface area contributed by atoms with Crippen molar-refractivity contribution in [3.8, 4) is 11.3 Å². The Bertz CT molecular complexity index is 1070. The molecule has 1 fully saturated rings. The molecule has 3 aromatic rings. The SMILES string of the molecule is O=C1N[C@@]2(CCCc3sccc32)C(=O)N1Cc1ncc(-c2ccc(Cl)cc2)o1. The molecule has 0 unspecified atom stereocenters. The van der Waals surface area contributed by atoms with Crippen LogP contribution in [0.3, 0.4) is 0 Å². The van der Waals surface area contributed by atoms with Gasteiger partial charge in [0.2, 0.25) is 5.89 Å². The summed E-state index contributed by atoms with van der Waals surface area (Å²) in [6.45, 7) is -0.000519. The van der Waals surface area contributed by atoms with Gasteiger partial charge in [-0.15, -0.1) is 11.3 Å². The number of hydrogen-bond donors (Lipinski definition) is 1. The number of hydrogen-bond acceptors (Lipinski definition) is 5. The van der Waals surface area contributed by atoms with Crippen molar-refractivity contribution in [1.82, 2.24) is 15.2 Å². The van der Waals surface area contributed by atoms with Crippen LogP contribution in [0.2, 0.25) is 5.02 Å². The van der Waals surface area contributed by atoms with Gasteiger partial charge in [-0.1, -0.05) is 11.6 Å². The number of aromatic nitrogens is 1. The smallest absolute Gasteiger partial charge is 0.325 e. The Labute approximate surface area is 170 Å². The molecule has 5 rings (SSSR count). The molecule has 2 aliphatic rings. The number of imide groups is 1. The average Bonchev–Trinajstić information content (AvgIpc) is 3.40. The van der Waals surface area contributed by atoms with Crippen LogP contribution in [-0.4, -0.2) is 21.8 Å². The summed E-state index contributed by atoms with van der Waals surface area (Å²) >= 11 is 7.55. The largest absolute Gasteiger partial charge is 0.439 e. The van der Waals surface area contributed by atoms with E-state index in [9.17, 15) is 9.59 Å². The Balaban J connectivity index is 1.41. The van der Waals surface area contributed by atoms with E-state index in [4.69, 9.17) is 16.0 Å². The maximum atomic E-state index is 13.2. The zero-order valence-corrected chi connectivity index (χ0v) is 16.3. The summed E-state index contributed by atoms with van der Waals surface area (Å²) in [4.78, 5) is 32.5. The Morgan fingerprint density at radius 3 is 2.89 bits per heavy atom. The molecular weight excluding hydrogens is 398 g/mol. The van der Waals surface area contributed by atoms with E-state index in [-0.39, 0.29) is 12.5 Å². The van der Waals surface area contributed by atoms with Crippen LogP contribution >= 0.6 is 22.9 Å². The molecule has 2 aromatic heterocycles. The van der Waals surface area contributed by atoms with Gasteiger partial charge in [0.1, 0.15) is 12.1 Å². The van der Waals surface area contributed by atoms with E-state index >= 15 is 0 Å². The molecule has 1 aliphatic heterocycles. The topological polar surface area (TPSA) is 75.4 Å². The summed E-state index contributed by atoms with van der Waals surface area (Å²) in [5.41, 5.74) is 0.807. The first-order valence-corrected chi connectivity index (χ1v) is 10.2. The number of carbonyl (C=O) groups is 2. The highest BCUT2D eigenvalue weighted by Gasteiger charge is 2.54. The third-order valence-corrected chi connectivity index (χ3v) is 6.54.